The second-order valence-electron chi connectivity index (χ2n) is 4.02. The van der Waals surface area contributed by atoms with Gasteiger partial charge in [-0.05, 0) is 12.1 Å². The predicted octanol–water partition coefficient (Wildman–Crippen LogP) is 3.29. The lowest BCUT2D eigenvalue weighted by Crippen LogP contribution is -2.44. The number of hydrogen-bond acceptors (Lipinski definition) is 2. The average molecular weight is 247 g/mol. The van der Waals surface area contributed by atoms with Gasteiger partial charge in [0.15, 0.2) is 0 Å². The summed E-state index contributed by atoms with van der Waals surface area (Å²) >= 11 is 12.1. The summed E-state index contributed by atoms with van der Waals surface area (Å²) in [5.41, 5.74) is 0.994. The monoisotopic (exact) mass is 246 g/mol. The second kappa shape index (κ2) is 3.85. The molecule has 82 valence electrons. The van der Waals surface area contributed by atoms with Gasteiger partial charge in [-0.1, -0.05) is 30.1 Å². The minimum absolute atomic E-state index is 0.0279. The van der Waals surface area contributed by atoms with Crippen molar-refractivity contribution in [2.24, 2.45) is 0 Å². The van der Waals surface area contributed by atoms with E-state index >= 15 is 0 Å². The number of hydrogen-bond donors (Lipinski definition) is 0. The van der Waals surface area contributed by atoms with Crippen LogP contribution in [0, 0.1) is 0 Å². The zero-order valence-corrected chi connectivity index (χ0v) is 10.2. The minimum Gasteiger partial charge on any atom is -0.495 e. The highest BCUT2D eigenvalue weighted by Gasteiger charge is 2.38. The Hall–Kier alpha value is -0.440. The van der Waals surface area contributed by atoms with E-state index in [2.05, 4.69) is 6.92 Å². The Bertz CT molecular complexity index is 386. The van der Waals surface area contributed by atoms with Crippen molar-refractivity contribution in [2.75, 3.05) is 20.3 Å². The lowest BCUT2D eigenvalue weighted by atomic mass is 9.80. The Morgan fingerprint density at radius 3 is 2.47 bits per heavy atom. The van der Waals surface area contributed by atoms with Crippen molar-refractivity contribution in [1.82, 2.24) is 0 Å². The van der Waals surface area contributed by atoms with E-state index in [1.807, 2.05) is 6.07 Å². The molecule has 1 heterocycles. The first kappa shape index (κ1) is 11.1. The molecule has 1 aromatic rings. The van der Waals surface area contributed by atoms with Crippen LogP contribution in [0.5, 0.6) is 5.75 Å². The fourth-order valence-corrected chi connectivity index (χ4v) is 2.35. The van der Waals surface area contributed by atoms with Crippen molar-refractivity contribution >= 4 is 23.2 Å². The smallest absolute Gasteiger partial charge is 0.141 e. The van der Waals surface area contributed by atoms with Gasteiger partial charge in [-0.15, -0.1) is 0 Å². The number of ether oxygens (including phenoxy) is 2. The zero-order chi connectivity index (χ0) is 11.1. The van der Waals surface area contributed by atoms with Gasteiger partial charge in [0.05, 0.1) is 25.3 Å². The molecule has 0 aromatic heterocycles. The summed E-state index contributed by atoms with van der Waals surface area (Å²) in [7, 11) is 1.61. The molecule has 2 rings (SSSR count). The number of benzene rings is 1. The van der Waals surface area contributed by atoms with Crippen molar-refractivity contribution in [3.63, 3.8) is 0 Å². The summed E-state index contributed by atoms with van der Waals surface area (Å²) in [6.07, 6.45) is 0. The van der Waals surface area contributed by atoms with Gasteiger partial charge in [0.25, 0.3) is 0 Å². The minimum atomic E-state index is -0.0279. The maximum absolute atomic E-state index is 6.07. The number of rotatable bonds is 2. The van der Waals surface area contributed by atoms with Gasteiger partial charge >= 0.3 is 0 Å². The quantitative estimate of drug-likeness (QED) is 0.798. The Balaban J connectivity index is 2.53. The standard InChI is InChI=1S/C11H12Cl2O2/c1-11(5-15-6-11)8-3-7(12)4-9(13)10(8)14-2/h3-4H,5-6H2,1-2H3. The fourth-order valence-electron chi connectivity index (χ4n) is 1.78. The molecule has 0 N–H and O–H groups in total. The van der Waals surface area contributed by atoms with Crippen LogP contribution in [0.2, 0.25) is 10.0 Å². The number of methoxy groups -OCH3 is 1. The van der Waals surface area contributed by atoms with Crippen LogP contribution in [0.1, 0.15) is 12.5 Å². The third kappa shape index (κ3) is 1.82. The molecule has 0 unspecified atom stereocenters. The van der Waals surface area contributed by atoms with Gasteiger partial charge in [-0.3, -0.25) is 0 Å². The molecule has 1 aliphatic rings. The van der Waals surface area contributed by atoms with Gasteiger partial charge in [0, 0.05) is 16.0 Å². The van der Waals surface area contributed by atoms with E-state index in [0.29, 0.717) is 29.0 Å². The van der Waals surface area contributed by atoms with Crippen LogP contribution in [-0.4, -0.2) is 20.3 Å². The van der Waals surface area contributed by atoms with E-state index in [1.54, 1.807) is 13.2 Å². The summed E-state index contributed by atoms with van der Waals surface area (Å²) < 4.78 is 10.5. The molecule has 1 aromatic carbocycles. The SMILES string of the molecule is COc1c(Cl)cc(Cl)cc1C1(C)COC1. The van der Waals surface area contributed by atoms with E-state index in [-0.39, 0.29) is 5.41 Å². The highest BCUT2D eigenvalue weighted by atomic mass is 35.5. The molecule has 1 fully saturated rings. The van der Waals surface area contributed by atoms with E-state index in [1.165, 1.54) is 0 Å². The van der Waals surface area contributed by atoms with Crippen molar-refractivity contribution < 1.29 is 9.47 Å². The van der Waals surface area contributed by atoms with E-state index in [4.69, 9.17) is 32.7 Å². The first-order chi connectivity index (χ1) is 7.07. The summed E-state index contributed by atoms with van der Waals surface area (Å²) in [6, 6.07) is 3.59. The van der Waals surface area contributed by atoms with Crippen molar-refractivity contribution in [1.29, 1.82) is 0 Å². The predicted molar refractivity (Wildman–Crippen MR) is 61.2 cm³/mol. The normalized spacial score (nSPS) is 18.4. The van der Waals surface area contributed by atoms with Crippen LogP contribution in [-0.2, 0) is 10.2 Å². The Kier molecular flexibility index (Phi) is 2.84. The van der Waals surface area contributed by atoms with Crippen LogP contribution in [0.4, 0.5) is 0 Å². The lowest BCUT2D eigenvalue weighted by Gasteiger charge is -2.39. The topological polar surface area (TPSA) is 18.5 Å². The molecule has 0 atom stereocenters. The third-order valence-corrected chi connectivity index (χ3v) is 3.20. The van der Waals surface area contributed by atoms with Gasteiger partial charge in [0.2, 0.25) is 0 Å². The molecule has 15 heavy (non-hydrogen) atoms. The summed E-state index contributed by atoms with van der Waals surface area (Å²) in [4.78, 5) is 0. The van der Waals surface area contributed by atoms with E-state index in [9.17, 15) is 0 Å². The fraction of sp³-hybridized carbons (Fsp3) is 0.455. The largest absolute Gasteiger partial charge is 0.495 e. The highest BCUT2D eigenvalue weighted by Crippen LogP contribution is 2.42. The lowest BCUT2D eigenvalue weighted by molar-refractivity contribution is -0.0509. The molecule has 2 nitrogen and oxygen atoms in total. The highest BCUT2D eigenvalue weighted by molar-refractivity contribution is 6.35. The van der Waals surface area contributed by atoms with Crippen molar-refractivity contribution in [3.8, 4) is 5.75 Å². The molecule has 1 aliphatic heterocycles. The van der Waals surface area contributed by atoms with Gasteiger partial charge in [0.1, 0.15) is 5.75 Å². The molecule has 0 spiro atoms. The molecule has 1 saturated heterocycles. The molecule has 0 radical (unpaired) electrons. The first-order valence-electron chi connectivity index (χ1n) is 4.68. The van der Waals surface area contributed by atoms with Gasteiger partial charge < -0.3 is 9.47 Å². The van der Waals surface area contributed by atoms with Crippen LogP contribution in [0.25, 0.3) is 0 Å². The van der Waals surface area contributed by atoms with Gasteiger partial charge in [-0.25, -0.2) is 0 Å². The molecule has 0 aliphatic carbocycles. The van der Waals surface area contributed by atoms with Gasteiger partial charge in [-0.2, -0.15) is 0 Å². The maximum Gasteiger partial charge on any atom is 0.141 e. The third-order valence-electron chi connectivity index (χ3n) is 2.70. The summed E-state index contributed by atoms with van der Waals surface area (Å²) in [6.45, 7) is 3.47. The molecule has 0 amide bonds. The van der Waals surface area contributed by atoms with Crippen molar-refractivity contribution in [2.45, 2.75) is 12.3 Å². The molecular weight excluding hydrogens is 235 g/mol. The summed E-state index contributed by atoms with van der Waals surface area (Å²) in [5.74, 6) is 0.701. The second-order valence-corrected chi connectivity index (χ2v) is 4.87. The van der Waals surface area contributed by atoms with E-state index < -0.39 is 0 Å². The Labute approximate surface area is 99.1 Å². The molecule has 0 bridgehead atoms. The Morgan fingerprint density at radius 2 is 2.00 bits per heavy atom. The number of halogens is 2. The zero-order valence-electron chi connectivity index (χ0n) is 8.64. The van der Waals surface area contributed by atoms with Crippen LogP contribution in [0.15, 0.2) is 12.1 Å². The molecule has 0 saturated carbocycles. The first-order valence-corrected chi connectivity index (χ1v) is 5.44. The van der Waals surface area contributed by atoms with Crippen LogP contribution < -0.4 is 4.74 Å². The summed E-state index contributed by atoms with van der Waals surface area (Å²) in [5, 5.41) is 1.18. The molecule has 4 heteroatoms. The molecular formula is C11H12Cl2O2. The van der Waals surface area contributed by atoms with Crippen LogP contribution >= 0.6 is 23.2 Å². The van der Waals surface area contributed by atoms with E-state index in [0.717, 1.165) is 5.56 Å². The van der Waals surface area contributed by atoms with Crippen molar-refractivity contribution in [3.05, 3.63) is 27.7 Å². The Morgan fingerprint density at radius 1 is 1.33 bits per heavy atom. The van der Waals surface area contributed by atoms with Crippen LogP contribution in [0.3, 0.4) is 0 Å². The maximum atomic E-state index is 6.07. The average Bonchev–Trinajstić information content (AvgIpc) is 2.13.